The maximum absolute atomic E-state index is 13.0. The maximum atomic E-state index is 13.0. The van der Waals surface area contributed by atoms with Crippen molar-refractivity contribution >= 4 is 33.3 Å². The molecule has 2 aromatic rings. The first-order valence-corrected chi connectivity index (χ1v) is 13.0. The fraction of sp³-hybridized carbons (Fsp3) is 0.720. The molecule has 0 bridgehead atoms. The van der Waals surface area contributed by atoms with Gasteiger partial charge in [0, 0.05) is 37.0 Å². The van der Waals surface area contributed by atoms with E-state index < -0.39 is 0 Å². The molecule has 1 amide bonds. The third-order valence-electron chi connectivity index (χ3n) is 7.90. The first-order valence-electron chi connectivity index (χ1n) is 12.2. The number of thiophene rings is 1. The Kier molecular flexibility index (Phi) is 5.70. The van der Waals surface area contributed by atoms with Gasteiger partial charge >= 0.3 is 0 Å². The van der Waals surface area contributed by atoms with Crippen LogP contribution in [0.5, 0.6) is 0 Å². The second-order valence-electron chi connectivity index (χ2n) is 10.8. The fourth-order valence-electron chi connectivity index (χ4n) is 5.82. The summed E-state index contributed by atoms with van der Waals surface area (Å²) in [6.07, 6.45) is 11.2. The molecule has 1 atom stereocenters. The predicted molar refractivity (Wildman–Crippen MR) is 128 cm³/mol. The molecule has 0 radical (unpaired) electrons. The summed E-state index contributed by atoms with van der Waals surface area (Å²) >= 11 is 1.88. The van der Waals surface area contributed by atoms with Crippen molar-refractivity contribution in [2.75, 3.05) is 31.1 Å². The third-order valence-corrected chi connectivity index (χ3v) is 9.06. The lowest BCUT2D eigenvalue weighted by molar-refractivity contribution is -0.136. The molecule has 5 rings (SSSR count). The number of carbonyl (C=O) groups is 1. The lowest BCUT2D eigenvalue weighted by Crippen LogP contribution is -2.50. The van der Waals surface area contributed by atoms with E-state index in [0.717, 1.165) is 62.0 Å². The maximum Gasteiger partial charge on any atom is 0.225 e. The lowest BCUT2D eigenvalue weighted by Gasteiger charge is -2.38. The van der Waals surface area contributed by atoms with Crippen LogP contribution in [0.4, 0.5) is 5.82 Å². The van der Waals surface area contributed by atoms with Crippen molar-refractivity contribution in [3.63, 3.8) is 0 Å². The summed E-state index contributed by atoms with van der Waals surface area (Å²) in [5, 5.41) is 1.29. The highest BCUT2D eigenvalue weighted by Gasteiger charge is 2.33. The normalized spacial score (nSPS) is 23.3. The largest absolute Gasteiger partial charge is 0.352 e. The molecule has 2 aromatic heterocycles. The Morgan fingerprint density at radius 3 is 2.48 bits per heavy atom. The number of rotatable bonds is 2. The van der Waals surface area contributed by atoms with Gasteiger partial charge in [-0.2, -0.15) is 0 Å². The van der Waals surface area contributed by atoms with Crippen molar-refractivity contribution in [1.29, 1.82) is 0 Å². The molecule has 3 aliphatic rings. The topological polar surface area (TPSA) is 49.3 Å². The van der Waals surface area contributed by atoms with Gasteiger partial charge in [0.05, 0.1) is 5.39 Å². The molecule has 1 saturated carbocycles. The van der Waals surface area contributed by atoms with Gasteiger partial charge < -0.3 is 9.80 Å². The Balaban J connectivity index is 1.34. The van der Waals surface area contributed by atoms with E-state index in [9.17, 15) is 4.79 Å². The Morgan fingerprint density at radius 1 is 1.03 bits per heavy atom. The first-order chi connectivity index (χ1) is 14.9. The average Bonchev–Trinajstić information content (AvgIpc) is 3.17. The molecule has 0 N–H and O–H groups in total. The van der Waals surface area contributed by atoms with E-state index >= 15 is 0 Å². The Hall–Kier alpha value is -1.69. The molecule has 1 aliphatic heterocycles. The molecular formula is C25H36N4OS. The van der Waals surface area contributed by atoms with Gasteiger partial charge in [0.25, 0.3) is 0 Å². The van der Waals surface area contributed by atoms with Crippen LogP contribution in [0, 0.1) is 17.3 Å². The van der Waals surface area contributed by atoms with E-state index in [4.69, 9.17) is 4.98 Å². The quantitative estimate of drug-likeness (QED) is 0.654. The van der Waals surface area contributed by atoms with Crippen molar-refractivity contribution in [3.8, 4) is 0 Å². The van der Waals surface area contributed by atoms with Crippen LogP contribution in [-0.4, -0.2) is 47.0 Å². The van der Waals surface area contributed by atoms with E-state index in [0.29, 0.717) is 11.3 Å². The number of hydrogen-bond acceptors (Lipinski definition) is 5. The summed E-state index contributed by atoms with van der Waals surface area (Å²) in [5.41, 5.74) is 1.85. The molecular weight excluding hydrogens is 404 g/mol. The van der Waals surface area contributed by atoms with Crippen LogP contribution in [0.2, 0.25) is 0 Å². The monoisotopic (exact) mass is 440 g/mol. The molecule has 2 aliphatic carbocycles. The van der Waals surface area contributed by atoms with Crippen molar-refractivity contribution in [2.45, 2.75) is 72.1 Å². The van der Waals surface area contributed by atoms with Crippen LogP contribution >= 0.6 is 11.3 Å². The minimum absolute atomic E-state index is 0.269. The zero-order chi connectivity index (χ0) is 21.6. The number of aryl methyl sites for hydroxylation is 1. The third kappa shape index (κ3) is 4.08. The van der Waals surface area contributed by atoms with Crippen LogP contribution < -0.4 is 4.90 Å². The molecule has 5 nitrogen and oxygen atoms in total. The van der Waals surface area contributed by atoms with Gasteiger partial charge in [-0.25, -0.2) is 9.97 Å². The van der Waals surface area contributed by atoms with E-state index in [2.05, 4.69) is 35.6 Å². The van der Waals surface area contributed by atoms with Crippen molar-refractivity contribution in [3.05, 3.63) is 16.8 Å². The minimum atomic E-state index is 0.269. The summed E-state index contributed by atoms with van der Waals surface area (Å²) < 4.78 is 0. The predicted octanol–water partition coefficient (Wildman–Crippen LogP) is 5.07. The summed E-state index contributed by atoms with van der Waals surface area (Å²) in [6, 6.07) is 0. The van der Waals surface area contributed by atoms with Crippen LogP contribution in [-0.2, 0) is 17.6 Å². The highest BCUT2D eigenvalue weighted by Crippen LogP contribution is 2.44. The zero-order valence-corrected chi connectivity index (χ0v) is 20.1. The molecule has 6 heteroatoms. The number of amides is 1. The molecule has 2 fully saturated rings. The molecule has 1 saturated heterocycles. The Labute approximate surface area is 190 Å². The number of hydrogen-bond donors (Lipinski definition) is 0. The average molecular weight is 441 g/mol. The summed E-state index contributed by atoms with van der Waals surface area (Å²) in [5.74, 6) is 2.50. The van der Waals surface area contributed by atoms with Gasteiger partial charge in [-0.1, -0.05) is 40.0 Å². The van der Waals surface area contributed by atoms with Gasteiger partial charge in [0.1, 0.15) is 17.0 Å². The smallest absolute Gasteiger partial charge is 0.225 e. The zero-order valence-electron chi connectivity index (χ0n) is 19.3. The van der Waals surface area contributed by atoms with Crippen molar-refractivity contribution < 1.29 is 4.79 Å². The highest BCUT2D eigenvalue weighted by molar-refractivity contribution is 7.19. The van der Waals surface area contributed by atoms with Crippen LogP contribution in [0.25, 0.3) is 10.2 Å². The number of carbonyl (C=O) groups excluding carboxylic acids is 1. The number of nitrogens with zero attached hydrogens (tertiary/aromatic N) is 4. The summed E-state index contributed by atoms with van der Waals surface area (Å²) in [6.45, 7) is 10.5. The molecule has 31 heavy (non-hydrogen) atoms. The standard InChI is InChI=1S/C25H36N4OS/c1-25(2,3)18-9-10-19-20(15-18)31-23-21(19)22(26-16-27-23)28-11-13-29(14-12-28)24(30)17-7-5-4-6-8-17/h16-18H,4-15H2,1-3H3/t18-/m0/s1. The number of piperazine rings is 1. The van der Waals surface area contributed by atoms with Gasteiger partial charge in [-0.05, 0) is 49.0 Å². The van der Waals surface area contributed by atoms with E-state index in [-0.39, 0.29) is 5.92 Å². The van der Waals surface area contributed by atoms with Crippen molar-refractivity contribution in [1.82, 2.24) is 14.9 Å². The second-order valence-corrected chi connectivity index (χ2v) is 11.9. The first kappa shape index (κ1) is 21.2. The van der Waals surface area contributed by atoms with Crippen LogP contribution in [0.15, 0.2) is 6.33 Å². The van der Waals surface area contributed by atoms with E-state index in [1.165, 1.54) is 47.9 Å². The van der Waals surface area contributed by atoms with Crippen molar-refractivity contribution in [2.24, 2.45) is 17.3 Å². The summed E-state index contributed by atoms with van der Waals surface area (Å²) in [4.78, 5) is 29.5. The van der Waals surface area contributed by atoms with Gasteiger partial charge in [-0.15, -0.1) is 11.3 Å². The van der Waals surface area contributed by atoms with E-state index in [1.54, 1.807) is 6.33 Å². The lowest BCUT2D eigenvalue weighted by atomic mass is 9.72. The summed E-state index contributed by atoms with van der Waals surface area (Å²) in [7, 11) is 0. The highest BCUT2D eigenvalue weighted by atomic mass is 32.1. The number of anilines is 1. The SMILES string of the molecule is CC(C)(C)[C@H]1CCc2c(sc3ncnc(N4CCN(C(=O)C5CCCCC5)CC4)c23)C1. The Morgan fingerprint density at radius 2 is 1.77 bits per heavy atom. The van der Waals surface area contributed by atoms with Gasteiger partial charge in [0.2, 0.25) is 5.91 Å². The van der Waals surface area contributed by atoms with E-state index in [1.807, 2.05) is 11.3 Å². The fourth-order valence-corrected chi connectivity index (χ4v) is 7.08. The molecule has 3 heterocycles. The van der Waals surface area contributed by atoms with Crippen LogP contribution in [0.1, 0.15) is 69.7 Å². The molecule has 0 spiro atoms. The van der Waals surface area contributed by atoms with Gasteiger partial charge in [0.15, 0.2) is 0 Å². The molecule has 168 valence electrons. The minimum Gasteiger partial charge on any atom is -0.352 e. The second kappa shape index (κ2) is 8.34. The Bertz CT molecular complexity index is 948. The number of aromatic nitrogens is 2. The molecule has 0 unspecified atom stereocenters. The van der Waals surface area contributed by atoms with Gasteiger partial charge in [-0.3, -0.25) is 4.79 Å². The van der Waals surface area contributed by atoms with Crippen LogP contribution in [0.3, 0.4) is 0 Å². The molecule has 0 aromatic carbocycles. The number of fused-ring (bicyclic) bond motifs is 3.